The number of carbonyl (C=O) groups excluding carboxylic acids is 1. The number of anilines is 1. The Morgan fingerprint density at radius 1 is 1.35 bits per heavy atom. The first kappa shape index (κ1) is 16.7. The first-order valence-electron chi connectivity index (χ1n) is 6.55. The number of amides is 1. The molecule has 0 radical (unpaired) electrons. The molecule has 0 aliphatic rings. The number of rotatable bonds is 8. The molecule has 1 rings (SSSR count). The Labute approximate surface area is 126 Å². The van der Waals surface area contributed by atoms with Crippen LogP contribution in [0.25, 0.3) is 0 Å². The number of hydrogen-bond acceptors (Lipinski definition) is 3. The van der Waals surface area contributed by atoms with Gasteiger partial charge in [0.25, 0.3) is 0 Å². The lowest BCUT2D eigenvalue weighted by Gasteiger charge is -2.13. The summed E-state index contributed by atoms with van der Waals surface area (Å²) in [4.78, 5) is 22.7. The van der Waals surface area contributed by atoms with Crippen molar-refractivity contribution < 1.29 is 14.7 Å². The summed E-state index contributed by atoms with van der Waals surface area (Å²) in [5.74, 6) is -1.02. The lowest BCUT2D eigenvalue weighted by atomic mass is 10.1. The normalized spacial score (nSPS) is 11.9. The number of halogens is 1. The second-order valence-corrected chi connectivity index (χ2v) is 5.27. The Kier molecular flexibility index (Phi) is 7.25. The minimum absolute atomic E-state index is 0.148. The number of para-hydroxylation sites is 1. The Hall–Kier alpha value is -1.40. The van der Waals surface area contributed by atoms with Gasteiger partial charge in [-0.1, -0.05) is 25.5 Å². The van der Waals surface area contributed by atoms with Gasteiger partial charge in [-0.25, -0.2) is 0 Å². The van der Waals surface area contributed by atoms with E-state index in [1.807, 2.05) is 25.1 Å². The maximum absolute atomic E-state index is 11.8. The third-order valence-corrected chi connectivity index (χ3v) is 3.46. The maximum Gasteiger partial charge on any atom is 0.320 e. The molecule has 5 nitrogen and oxygen atoms in total. The zero-order chi connectivity index (χ0) is 15.0. The lowest BCUT2D eigenvalue weighted by Crippen LogP contribution is -2.38. The van der Waals surface area contributed by atoms with E-state index in [9.17, 15) is 9.59 Å². The van der Waals surface area contributed by atoms with Gasteiger partial charge in [0.15, 0.2) is 0 Å². The molecule has 0 heterocycles. The predicted octanol–water partition coefficient (Wildman–Crippen LogP) is 2.62. The lowest BCUT2D eigenvalue weighted by molar-refractivity contribution is -0.139. The fraction of sp³-hybridized carbons (Fsp3) is 0.429. The standard InChI is InChI=1S/C14H19BrN2O3/c1-2-5-12(14(19)20)16-9-8-13(18)17-11-7-4-3-6-10(11)15/h3-4,6-7,12,16H,2,5,8-9H2,1H3,(H,17,18)(H,19,20). The van der Waals surface area contributed by atoms with Gasteiger partial charge in [-0.15, -0.1) is 0 Å². The van der Waals surface area contributed by atoms with Gasteiger partial charge in [-0.2, -0.15) is 0 Å². The Morgan fingerprint density at radius 2 is 2.05 bits per heavy atom. The summed E-state index contributed by atoms with van der Waals surface area (Å²) < 4.78 is 0.815. The van der Waals surface area contributed by atoms with Crippen molar-refractivity contribution in [1.82, 2.24) is 5.32 Å². The third kappa shape index (κ3) is 5.71. The molecule has 6 heteroatoms. The summed E-state index contributed by atoms with van der Waals surface area (Å²) >= 11 is 3.35. The van der Waals surface area contributed by atoms with Crippen molar-refractivity contribution in [3.8, 4) is 0 Å². The van der Waals surface area contributed by atoms with Crippen molar-refractivity contribution in [3.05, 3.63) is 28.7 Å². The summed E-state index contributed by atoms with van der Waals surface area (Å²) in [5, 5.41) is 14.6. The zero-order valence-corrected chi connectivity index (χ0v) is 12.9. The molecule has 1 atom stereocenters. The molecule has 110 valence electrons. The van der Waals surface area contributed by atoms with E-state index in [0.29, 0.717) is 18.7 Å². The van der Waals surface area contributed by atoms with Crippen LogP contribution >= 0.6 is 15.9 Å². The van der Waals surface area contributed by atoms with Gasteiger partial charge >= 0.3 is 5.97 Å². The third-order valence-electron chi connectivity index (χ3n) is 2.77. The fourth-order valence-corrected chi connectivity index (χ4v) is 2.12. The Bertz CT molecular complexity index is 465. The quantitative estimate of drug-likeness (QED) is 0.678. The molecule has 0 spiro atoms. The van der Waals surface area contributed by atoms with Crippen molar-refractivity contribution >= 4 is 33.5 Å². The van der Waals surface area contributed by atoms with E-state index in [4.69, 9.17) is 5.11 Å². The summed E-state index contributed by atoms with van der Waals surface area (Å²) in [6.45, 7) is 2.27. The van der Waals surface area contributed by atoms with E-state index >= 15 is 0 Å². The summed E-state index contributed by atoms with van der Waals surface area (Å²) in [5.41, 5.74) is 0.709. The monoisotopic (exact) mass is 342 g/mol. The number of hydrogen-bond donors (Lipinski definition) is 3. The van der Waals surface area contributed by atoms with E-state index in [1.54, 1.807) is 6.07 Å². The Balaban J connectivity index is 2.37. The molecule has 1 aromatic rings. The topological polar surface area (TPSA) is 78.4 Å². The first-order valence-corrected chi connectivity index (χ1v) is 7.34. The van der Waals surface area contributed by atoms with E-state index in [-0.39, 0.29) is 12.3 Å². The minimum atomic E-state index is -0.877. The van der Waals surface area contributed by atoms with Crippen molar-refractivity contribution in [3.63, 3.8) is 0 Å². The molecule has 0 aliphatic carbocycles. The van der Waals surface area contributed by atoms with Crippen LogP contribution in [0.2, 0.25) is 0 Å². The fourth-order valence-electron chi connectivity index (χ4n) is 1.74. The molecule has 1 aromatic carbocycles. The largest absolute Gasteiger partial charge is 0.480 e. The molecular weight excluding hydrogens is 324 g/mol. The number of benzene rings is 1. The zero-order valence-electron chi connectivity index (χ0n) is 11.4. The minimum Gasteiger partial charge on any atom is -0.480 e. The molecule has 0 aromatic heterocycles. The second-order valence-electron chi connectivity index (χ2n) is 4.41. The highest BCUT2D eigenvalue weighted by molar-refractivity contribution is 9.10. The van der Waals surface area contributed by atoms with Gasteiger partial charge in [-0.3, -0.25) is 9.59 Å². The molecule has 1 unspecified atom stereocenters. The second kappa shape index (κ2) is 8.71. The molecule has 0 saturated carbocycles. The highest BCUT2D eigenvalue weighted by Crippen LogP contribution is 2.21. The van der Waals surface area contributed by atoms with Gasteiger partial charge in [0.1, 0.15) is 6.04 Å². The number of nitrogens with one attached hydrogen (secondary N) is 2. The smallest absolute Gasteiger partial charge is 0.320 e. The van der Waals surface area contributed by atoms with Crippen LogP contribution in [0.15, 0.2) is 28.7 Å². The van der Waals surface area contributed by atoms with Crippen LogP contribution in [0.3, 0.4) is 0 Å². The van der Waals surface area contributed by atoms with Crippen LogP contribution in [0.1, 0.15) is 26.2 Å². The van der Waals surface area contributed by atoms with Crippen LogP contribution in [0.4, 0.5) is 5.69 Å². The molecule has 0 saturated heterocycles. The summed E-state index contributed by atoms with van der Waals surface area (Å²) in [7, 11) is 0. The number of carbonyl (C=O) groups is 2. The van der Waals surface area contributed by atoms with Crippen molar-refractivity contribution in [2.75, 3.05) is 11.9 Å². The first-order chi connectivity index (χ1) is 9.54. The van der Waals surface area contributed by atoms with Gasteiger partial charge in [0, 0.05) is 17.4 Å². The molecule has 0 aliphatic heterocycles. The summed E-state index contributed by atoms with van der Waals surface area (Å²) in [6, 6.07) is 6.75. The average molecular weight is 343 g/mol. The van der Waals surface area contributed by atoms with Crippen molar-refractivity contribution in [2.45, 2.75) is 32.2 Å². The SMILES string of the molecule is CCCC(NCCC(=O)Nc1ccccc1Br)C(=O)O. The highest BCUT2D eigenvalue weighted by Gasteiger charge is 2.15. The molecule has 0 fully saturated rings. The maximum atomic E-state index is 11.8. The van der Waals surface area contributed by atoms with Gasteiger partial charge < -0.3 is 15.7 Å². The van der Waals surface area contributed by atoms with Gasteiger partial charge in [-0.05, 0) is 34.5 Å². The van der Waals surface area contributed by atoms with Crippen LogP contribution in [-0.2, 0) is 9.59 Å². The van der Waals surface area contributed by atoms with Gasteiger partial charge in [0.05, 0.1) is 5.69 Å². The molecule has 0 bridgehead atoms. The van der Waals surface area contributed by atoms with Crippen molar-refractivity contribution in [1.29, 1.82) is 0 Å². The number of carboxylic acids is 1. The van der Waals surface area contributed by atoms with Crippen LogP contribution < -0.4 is 10.6 Å². The summed E-state index contributed by atoms with van der Waals surface area (Å²) in [6.07, 6.45) is 1.57. The van der Waals surface area contributed by atoms with E-state index in [2.05, 4.69) is 26.6 Å². The molecule has 1 amide bonds. The van der Waals surface area contributed by atoms with Crippen LogP contribution in [-0.4, -0.2) is 29.6 Å². The predicted molar refractivity (Wildman–Crippen MR) is 81.7 cm³/mol. The van der Waals surface area contributed by atoms with Gasteiger partial charge in [0.2, 0.25) is 5.91 Å². The van der Waals surface area contributed by atoms with Crippen LogP contribution in [0, 0.1) is 0 Å². The Morgan fingerprint density at radius 3 is 2.65 bits per heavy atom. The molecule has 20 heavy (non-hydrogen) atoms. The average Bonchev–Trinajstić information content (AvgIpc) is 2.40. The molecule has 3 N–H and O–H groups in total. The van der Waals surface area contributed by atoms with E-state index in [1.165, 1.54) is 0 Å². The highest BCUT2D eigenvalue weighted by atomic mass is 79.9. The molecular formula is C14H19BrN2O3. The van der Waals surface area contributed by atoms with Crippen LogP contribution in [0.5, 0.6) is 0 Å². The van der Waals surface area contributed by atoms with E-state index in [0.717, 1.165) is 10.9 Å². The van der Waals surface area contributed by atoms with Crippen molar-refractivity contribution in [2.24, 2.45) is 0 Å². The van der Waals surface area contributed by atoms with E-state index < -0.39 is 12.0 Å². The number of aliphatic carboxylic acids is 1. The number of carboxylic acid groups (broad SMARTS) is 1.